The minimum absolute atomic E-state index is 0.00932. The highest BCUT2D eigenvalue weighted by Gasteiger charge is 2.35. The molecule has 0 atom stereocenters. The molecule has 2 amide bonds. The summed E-state index contributed by atoms with van der Waals surface area (Å²) in [5.74, 6) is -0.336. The van der Waals surface area contributed by atoms with Gasteiger partial charge in [-0.1, -0.05) is 66.2 Å². The normalized spacial score (nSPS) is 12.7. The SMILES string of the molecule is CSc1ccccc1Cn1c(C)cc(OCc2ccccc2CN2C(=O)c3ccccc3C2=O)c(Cl)c1=O. The Morgan fingerprint density at radius 3 is 2.03 bits per heavy atom. The maximum Gasteiger partial charge on any atom is 0.273 e. The molecule has 0 aliphatic carbocycles. The largest absolute Gasteiger partial charge is 0.487 e. The van der Waals surface area contributed by atoms with Crippen molar-refractivity contribution in [1.82, 2.24) is 9.47 Å². The summed E-state index contributed by atoms with van der Waals surface area (Å²) in [6, 6.07) is 24.0. The maximum atomic E-state index is 13.2. The Morgan fingerprint density at radius 1 is 0.789 bits per heavy atom. The molecule has 2 heterocycles. The Morgan fingerprint density at radius 2 is 1.37 bits per heavy atom. The van der Waals surface area contributed by atoms with Gasteiger partial charge in [0.2, 0.25) is 0 Å². The Kier molecular flexibility index (Phi) is 7.40. The van der Waals surface area contributed by atoms with E-state index in [4.69, 9.17) is 16.3 Å². The molecule has 0 N–H and O–H groups in total. The van der Waals surface area contributed by atoms with Gasteiger partial charge in [-0.25, -0.2) is 0 Å². The van der Waals surface area contributed by atoms with Gasteiger partial charge in [0, 0.05) is 16.7 Å². The van der Waals surface area contributed by atoms with Crippen LogP contribution in [0.15, 0.2) is 88.6 Å². The standard InChI is InChI=1S/C30H25ClN2O4S/c1-19-15-25(27(31)30(36)32(19)17-21-10-5-8-14-26(21)38-2)37-18-22-11-4-3-9-20(22)16-33-28(34)23-12-6-7-13-24(23)29(33)35/h3-15H,16-18H2,1-2H3. The van der Waals surface area contributed by atoms with Gasteiger partial charge < -0.3 is 9.30 Å². The van der Waals surface area contributed by atoms with Crippen molar-refractivity contribution in [2.45, 2.75) is 31.5 Å². The van der Waals surface area contributed by atoms with Crippen LogP contribution in [0.25, 0.3) is 0 Å². The smallest absolute Gasteiger partial charge is 0.273 e. The number of fused-ring (bicyclic) bond motifs is 1. The van der Waals surface area contributed by atoms with Gasteiger partial charge in [0.05, 0.1) is 24.2 Å². The lowest BCUT2D eigenvalue weighted by atomic mass is 10.1. The minimum Gasteiger partial charge on any atom is -0.487 e. The van der Waals surface area contributed by atoms with Crippen molar-refractivity contribution in [2.24, 2.45) is 0 Å². The van der Waals surface area contributed by atoms with Gasteiger partial charge in [0.15, 0.2) is 0 Å². The number of thioether (sulfide) groups is 1. The molecule has 3 aromatic carbocycles. The van der Waals surface area contributed by atoms with E-state index in [2.05, 4.69) is 0 Å². The minimum atomic E-state index is -0.322. The van der Waals surface area contributed by atoms with Crippen molar-refractivity contribution < 1.29 is 14.3 Å². The first kappa shape index (κ1) is 25.8. The third-order valence-corrected chi connectivity index (χ3v) is 7.83. The molecule has 4 aromatic rings. The fraction of sp³-hybridized carbons (Fsp3) is 0.167. The molecule has 192 valence electrons. The molecular formula is C30H25ClN2O4S. The number of halogens is 1. The van der Waals surface area contributed by atoms with Crippen LogP contribution in [-0.2, 0) is 19.7 Å². The number of aryl methyl sites for hydroxylation is 1. The third-order valence-electron chi connectivity index (χ3n) is 6.64. The molecule has 8 heteroatoms. The quantitative estimate of drug-likeness (QED) is 0.202. The second-order valence-corrected chi connectivity index (χ2v) is 10.2. The zero-order chi connectivity index (χ0) is 26.8. The average Bonchev–Trinajstić information content (AvgIpc) is 3.18. The average molecular weight is 545 g/mol. The van der Waals surface area contributed by atoms with Crippen LogP contribution >= 0.6 is 23.4 Å². The fourth-order valence-electron chi connectivity index (χ4n) is 4.58. The van der Waals surface area contributed by atoms with E-state index >= 15 is 0 Å². The lowest BCUT2D eigenvalue weighted by Crippen LogP contribution is -2.29. The molecule has 1 aromatic heterocycles. The number of amides is 2. The van der Waals surface area contributed by atoms with Crippen molar-refractivity contribution in [1.29, 1.82) is 0 Å². The van der Waals surface area contributed by atoms with Crippen LogP contribution in [0.3, 0.4) is 0 Å². The lowest BCUT2D eigenvalue weighted by molar-refractivity contribution is 0.0641. The molecule has 38 heavy (non-hydrogen) atoms. The van der Waals surface area contributed by atoms with Crippen LogP contribution in [0.1, 0.15) is 43.1 Å². The third kappa shape index (κ3) is 4.87. The molecule has 6 nitrogen and oxygen atoms in total. The summed E-state index contributed by atoms with van der Waals surface area (Å²) in [5, 5.41) is 0.00932. The molecule has 0 unspecified atom stereocenters. The number of aromatic nitrogens is 1. The molecule has 0 saturated heterocycles. The first-order valence-electron chi connectivity index (χ1n) is 12.1. The van der Waals surface area contributed by atoms with Gasteiger partial charge in [-0.2, -0.15) is 0 Å². The Hall–Kier alpha value is -3.81. The van der Waals surface area contributed by atoms with E-state index < -0.39 is 0 Å². The highest BCUT2D eigenvalue weighted by molar-refractivity contribution is 7.98. The van der Waals surface area contributed by atoms with Gasteiger partial charge in [-0.3, -0.25) is 19.3 Å². The highest BCUT2D eigenvalue weighted by atomic mass is 35.5. The second kappa shape index (κ2) is 10.9. The van der Waals surface area contributed by atoms with E-state index in [0.717, 1.165) is 27.3 Å². The number of carbonyl (C=O) groups excluding carboxylic acids is 2. The summed E-state index contributed by atoms with van der Waals surface area (Å²) in [4.78, 5) is 41.2. The molecule has 0 bridgehead atoms. The van der Waals surface area contributed by atoms with Crippen LogP contribution in [0.2, 0.25) is 5.02 Å². The molecule has 1 aliphatic rings. The van der Waals surface area contributed by atoms with Crippen molar-refractivity contribution in [3.05, 3.63) is 128 Å². The number of hydrogen-bond acceptors (Lipinski definition) is 5. The van der Waals surface area contributed by atoms with E-state index in [1.807, 2.05) is 61.7 Å². The maximum absolute atomic E-state index is 13.2. The Labute approximate surface area is 229 Å². The first-order valence-corrected chi connectivity index (χ1v) is 13.7. The molecule has 5 rings (SSSR count). The molecule has 0 fully saturated rings. The molecule has 1 aliphatic heterocycles. The van der Waals surface area contributed by atoms with E-state index in [0.29, 0.717) is 23.4 Å². The predicted octanol–water partition coefficient (Wildman–Crippen LogP) is 5.96. The number of rotatable bonds is 8. The summed E-state index contributed by atoms with van der Waals surface area (Å²) < 4.78 is 7.66. The second-order valence-electron chi connectivity index (χ2n) is 8.97. The van der Waals surface area contributed by atoms with E-state index in [1.54, 1.807) is 46.7 Å². The van der Waals surface area contributed by atoms with Crippen molar-refractivity contribution in [3.8, 4) is 5.75 Å². The molecule has 0 spiro atoms. The predicted molar refractivity (Wildman–Crippen MR) is 149 cm³/mol. The molecule has 0 saturated carbocycles. The van der Waals surface area contributed by atoms with Gasteiger partial charge >= 0.3 is 0 Å². The van der Waals surface area contributed by atoms with Crippen LogP contribution in [0, 0.1) is 6.92 Å². The first-order chi connectivity index (χ1) is 18.4. The van der Waals surface area contributed by atoms with Gasteiger partial charge in [0.1, 0.15) is 17.4 Å². The van der Waals surface area contributed by atoms with Gasteiger partial charge in [-0.05, 0) is 48.1 Å². The van der Waals surface area contributed by atoms with E-state index in [9.17, 15) is 14.4 Å². The topological polar surface area (TPSA) is 68.6 Å². The zero-order valence-electron chi connectivity index (χ0n) is 20.9. The summed E-state index contributed by atoms with van der Waals surface area (Å²) in [5.41, 5.74) is 3.83. The van der Waals surface area contributed by atoms with E-state index in [-0.39, 0.29) is 35.5 Å². The molecule has 0 radical (unpaired) electrons. The van der Waals surface area contributed by atoms with Gasteiger partial charge in [0.25, 0.3) is 17.4 Å². The monoisotopic (exact) mass is 544 g/mol. The zero-order valence-corrected chi connectivity index (χ0v) is 22.5. The van der Waals surface area contributed by atoms with Crippen LogP contribution in [0.4, 0.5) is 0 Å². The Balaban J connectivity index is 1.35. The number of hydrogen-bond donors (Lipinski definition) is 0. The van der Waals surface area contributed by atoms with Gasteiger partial charge in [-0.15, -0.1) is 11.8 Å². The number of imide groups is 1. The summed E-state index contributed by atoms with van der Waals surface area (Å²) >= 11 is 8.11. The number of ether oxygens (including phenoxy) is 1. The molecular weight excluding hydrogens is 520 g/mol. The fourth-order valence-corrected chi connectivity index (χ4v) is 5.40. The number of nitrogens with zero attached hydrogens (tertiary/aromatic N) is 2. The summed E-state index contributed by atoms with van der Waals surface area (Å²) in [7, 11) is 0. The summed E-state index contributed by atoms with van der Waals surface area (Å²) in [6.07, 6.45) is 2.00. The summed E-state index contributed by atoms with van der Waals surface area (Å²) in [6.45, 7) is 2.50. The number of pyridine rings is 1. The number of carbonyl (C=O) groups is 2. The Bertz CT molecular complexity index is 1580. The van der Waals surface area contributed by atoms with Crippen molar-refractivity contribution in [3.63, 3.8) is 0 Å². The highest BCUT2D eigenvalue weighted by Crippen LogP contribution is 2.28. The van der Waals surface area contributed by atoms with Crippen molar-refractivity contribution >= 4 is 35.2 Å². The van der Waals surface area contributed by atoms with E-state index in [1.165, 1.54) is 4.90 Å². The van der Waals surface area contributed by atoms with Crippen LogP contribution in [-0.4, -0.2) is 27.5 Å². The number of benzene rings is 3. The van der Waals surface area contributed by atoms with Crippen LogP contribution < -0.4 is 10.3 Å². The van der Waals surface area contributed by atoms with Crippen LogP contribution in [0.5, 0.6) is 5.75 Å². The lowest BCUT2D eigenvalue weighted by Gasteiger charge is -2.18. The van der Waals surface area contributed by atoms with Crippen molar-refractivity contribution in [2.75, 3.05) is 6.26 Å².